The van der Waals surface area contributed by atoms with Crippen molar-refractivity contribution in [1.29, 1.82) is 0 Å². The summed E-state index contributed by atoms with van der Waals surface area (Å²) in [5.74, 6) is 5.42. The molecule has 0 spiro atoms. The number of nitrogens with zero attached hydrogens (tertiary/aromatic N) is 3. The topological polar surface area (TPSA) is 78.0 Å². The predicted molar refractivity (Wildman–Crippen MR) is 52.2 cm³/mol. The Bertz CT molecular complexity index is 272. The minimum atomic E-state index is -0.0719. The van der Waals surface area contributed by atoms with E-state index in [1.54, 1.807) is 10.9 Å². The zero-order valence-electron chi connectivity index (χ0n) is 8.77. The molecule has 0 fully saturated rings. The highest BCUT2D eigenvalue weighted by molar-refractivity contribution is 5.01. The molecule has 0 aromatic carbocycles. The second-order valence-electron chi connectivity index (χ2n) is 3.38. The molecule has 3 N–H and O–H groups in total. The van der Waals surface area contributed by atoms with Crippen LogP contribution in [-0.4, -0.2) is 27.7 Å². The minimum Gasteiger partial charge on any atom is -0.377 e. The molecule has 1 aromatic rings. The van der Waals surface area contributed by atoms with E-state index >= 15 is 0 Å². The van der Waals surface area contributed by atoms with Crippen LogP contribution in [0.1, 0.15) is 25.6 Å². The predicted octanol–water partition coefficient (Wildman–Crippen LogP) is -0.255. The standard InChI is InChI=1S/C8H17N5O/c1-6(2)14-5-7(11-9)8-4-10-12-13(8)3/h4,6-7,11H,5,9H2,1-3H3. The number of nitrogens with one attached hydrogen (secondary N) is 1. The fourth-order valence-corrected chi connectivity index (χ4v) is 1.12. The summed E-state index contributed by atoms with van der Waals surface area (Å²) >= 11 is 0. The SMILES string of the molecule is CC(C)OCC(NN)c1cnnn1C. The maximum atomic E-state index is 5.46. The van der Waals surface area contributed by atoms with E-state index in [4.69, 9.17) is 10.6 Å². The van der Waals surface area contributed by atoms with Crippen molar-refractivity contribution in [2.45, 2.75) is 26.0 Å². The molecular formula is C8H17N5O. The highest BCUT2D eigenvalue weighted by atomic mass is 16.5. The fourth-order valence-electron chi connectivity index (χ4n) is 1.12. The Hall–Kier alpha value is -0.980. The van der Waals surface area contributed by atoms with Crippen LogP contribution in [0.25, 0.3) is 0 Å². The molecule has 0 aliphatic rings. The second kappa shape index (κ2) is 5.04. The van der Waals surface area contributed by atoms with E-state index < -0.39 is 0 Å². The summed E-state index contributed by atoms with van der Waals surface area (Å²) in [6.07, 6.45) is 1.86. The van der Waals surface area contributed by atoms with Gasteiger partial charge < -0.3 is 4.74 Å². The molecule has 6 heteroatoms. The largest absolute Gasteiger partial charge is 0.377 e. The quantitative estimate of drug-likeness (QED) is 0.505. The summed E-state index contributed by atoms with van der Waals surface area (Å²) in [6, 6.07) is -0.0719. The molecule has 0 aliphatic carbocycles. The Kier molecular flexibility index (Phi) is 3.99. The van der Waals surface area contributed by atoms with Gasteiger partial charge in [0.1, 0.15) is 0 Å². The molecule has 0 radical (unpaired) electrons. The maximum absolute atomic E-state index is 5.46. The Balaban J connectivity index is 2.58. The van der Waals surface area contributed by atoms with Crippen LogP contribution in [0.15, 0.2) is 6.20 Å². The Morgan fingerprint density at radius 1 is 1.64 bits per heavy atom. The summed E-state index contributed by atoms with van der Waals surface area (Å²) in [7, 11) is 1.82. The number of hydrogen-bond acceptors (Lipinski definition) is 5. The fraction of sp³-hybridized carbons (Fsp3) is 0.750. The van der Waals surface area contributed by atoms with E-state index in [2.05, 4.69) is 15.7 Å². The smallest absolute Gasteiger partial charge is 0.0878 e. The molecule has 14 heavy (non-hydrogen) atoms. The normalized spacial score (nSPS) is 13.5. The van der Waals surface area contributed by atoms with Gasteiger partial charge in [-0.1, -0.05) is 5.21 Å². The van der Waals surface area contributed by atoms with E-state index in [1.165, 1.54) is 0 Å². The van der Waals surface area contributed by atoms with Gasteiger partial charge in [-0.15, -0.1) is 5.10 Å². The summed E-state index contributed by atoms with van der Waals surface area (Å²) in [5.41, 5.74) is 3.59. The van der Waals surface area contributed by atoms with Crippen molar-refractivity contribution in [3.63, 3.8) is 0 Å². The van der Waals surface area contributed by atoms with E-state index in [0.29, 0.717) is 6.61 Å². The van der Waals surface area contributed by atoms with E-state index in [1.807, 2.05) is 20.9 Å². The number of rotatable bonds is 5. The molecule has 0 amide bonds. The minimum absolute atomic E-state index is 0.0719. The monoisotopic (exact) mass is 199 g/mol. The molecule has 1 aromatic heterocycles. The lowest BCUT2D eigenvalue weighted by molar-refractivity contribution is 0.0596. The van der Waals surface area contributed by atoms with Crippen molar-refractivity contribution in [3.8, 4) is 0 Å². The lowest BCUT2D eigenvalue weighted by atomic mass is 10.2. The first-order valence-corrected chi connectivity index (χ1v) is 4.57. The van der Waals surface area contributed by atoms with Crippen molar-refractivity contribution >= 4 is 0 Å². The molecule has 0 aliphatic heterocycles. The van der Waals surface area contributed by atoms with Crippen LogP contribution in [0.3, 0.4) is 0 Å². The van der Waals surface area contributed by atoms with Gasteiger partial charge in [-0.2, -0.15) is 0 Å². The van der Waals surface area contributed by atoms with Crippen molar-refractivity contribution in [2.75, 3.05) is 6.61 Å². The van der Waals surface area contributed by atoms with Crippen molar-refractivity contribution < 1.29 is 4.74 Å². The van der Waals surface area contributed by atoms with Crippen LogP contribution in [0.2, 0.25) is 0 Å². The number of aryl methyl sites for hydroxylation is 1. The van der Waals surface area contributed by atoms with Gasteiger partial charge in [0.2, 0.25) is 0 Å². The summed E-state index contributed by atoms with van der Waals surface area (Å²) < 4.78 is 7.14. The van der Waals surface area contributed by atoms with Crippen molar-refractivity contribution in [3.05, 3.63) is 11.9 Å². The molecule has 1 unspecified atom stereocenters. The molecule has 80 valence electrons. The molecule has 6 nitrogen and oxygen atoms in total. The highest BCUT2D eigenvalue weighted by Crippen LogP contribution is 2.10. The van der Waals surface area contributed by atoms with Crippen LogP contribution < -0.4 is 11.3 Å². The van der Waals surface area contributed by atoms with Gasteiger partial charge >= 0.3 is 0 Å². The van der Waals surface area contributed by atoms with Crippen LogP contribution in [-0.2, 0) is 11.8 Å². The number of hydrogen-bond donors (Lipinski definition) is 2. The maximum Gasteiger partial charge on any atom is 0.0878 e. The third kappa shape index (κ3) is 2.76. The lowest BCUT2D eigenvalue weighted by Crippen LogP contribution is -2.33. The number of ether oxygens (including phenoxy) is 1. The van der Waals surface area contributed by atoms with E-state index in [0.717, 1.165) is 5.69 Å². The van der Waals surface area contributed by atoms with Gasteiger partial charge in [0.25, 0.3) is 0 Å². The van der Waals surface area contributed by atoms with Gasteiger partial charge in [0.15, 0.2) is 0 Å². The summed E-state index contributed by atoms with van der Waals surface area (Å²) in [5, 5.41) is 7.61. The third-order valence-corrected chi connectivity index (χ3v) is 1.90. The molecular weight excluding hydrogens is 182 g/mol. The summed E-state index contributed by atoms with van der Waals surface area (Å²) in [4.78, 5) is 0. The molecule has 0 bridgehead atoms. The summed E-state index contributed by atoms with van der Waals surface area (Å²) in [6.45, 7) is 4.47. The average Bonchev–Trinajstić information content (AvgIpc) is 2.53. The number of aromatic nitrogens is 3. The molecule has 0 saturated carbocycles. The van der Waals surface area contributed by atoms with Crippen LogP contribution in [0.5, 0.6) is 0 Å². The average molecular weight is 199 g/mol. The third-order valence-electron chi connectivity index (χ3n) is 1.90. The molecule has 1 rings (SSSR count). The van der Waals surface area contributed by atoms with Crippen molar-refractivity contribution in [2.24, 2.45) is 12.9 Å². The first-order chi connectivity index (χ1) is 6.65. The number of nitrogens with two attached hydrogens (primary N) is 1. The van der Waals surface area contributed by atoms with Gasteiger partial charge in [-0.25, -0.2) is 5.43 Å². The molecule has 1 heterocycles. The first kappa shape index (κ1) is 11.1. The molecule has 0 saturated heterocycles. The van der Waals surface area contributed by atoms with Gasteiger partial charge in [-0.3, -0.25) is 10.5 Å². The highest BCUT2D eigenvalue weighted by Gasteiger charge is 2.14. The van der Waals surface area contributed by atoms with E-state index in [-0.39, 0.29) is 12.1 Å². The van der Waals surface area contributed by atoms with Crippen molar-refractivity contribution in [1.82, 2.24) is 20.4 Å². The number of hydrazine groups is 1. The van der Waals surface area contributed by atoms with Crippen LogP contribution in [0.4, 0.5) is 0 Å². The lowest BCUT2D eigenvalue weighted by Gasteiger charge is -2.17. The van der Waals surface area contributed by atoms with Gasteiger partial charge in [-0.05, 0) is 13.8 Å². The Morgan fingerprint density at radius 3 is 2.79 bits per heavy atom. The Labute approximate surface area is 83.4 Å². The van der Waals surface area contributed by atoms with Crippen LogP contribution >= 0.6 is 0 Å². The van der Waals surface area contributed by atoms with Gasteiger partial charge in [0, 0.05) is 7.05 Å². The molecule has 1 atom stereocenters. The first-order valence-electron chi connectivity index (χ1n) is 4.57. The zero-order valence-corrected chi connectivity index (χ0v) is 8.77. The van der Waals surface area contributed by atoms with Crippen LogP contribution in [0, 0.1) is 0 Å². The Morgan fingerprint density at radius 2 is 2.36 bits per heavy atom. The van der Waals surface area contributed by atoms with E-state index in [9.17, 15) is 0 Å². The second-order valence-corrected chi connectivity index (χ2v) is 3.38. The zero-order chi connectivity index (χ0) is 10.6. The van der Waals surface area contributed by atoms with Gasteiger partial charge in [0.05, 0.1) is 30.6 Å².